The summed E-state index contributed by atoms with van der Waals surface area (Å²) in [5.41, 5.74) is 0. The van der Waals surface area contributed by atoms with E-state index < -0.39 is 0 Å². The standard InChI is InChI=1S/C11H24N2OS/c1-3-5-9-14-10-6-8-13-11(15)12-7-4-2/h3-10H2,1-2H3,(H2,12,13,15). The number of unbranched alkanes of at least 4 members (excludes halogenated alkanes) is 1. The molecule has 3 nitrogen and oxygen atoms in total. The van der Waals surface area contributed by atoms with Crippen molar-refractivity contribution in [3.8, 4) is 0 Å². The molecule has 90 valence electrons. The minimum atomic E-state index is 0.755. The second-order valence-electron chi connectivity index (χ2n) is 3.50. The summed E-state index contributed by atoms with van der Waals surface area (Å²) in [5.74, 6) is 0. The maximum atomic E-state index is 5.43. The predicted octanol–water partition coefficient (Wildman–Crippen LogP) is 2.07. The molecule has 0 rings (SSSR count). The first-order chi connectivity index (χ1) is 7.31. The van der Waals surface area contributed by atoms with Gasteiger partial charge in [0.15, 0.2) is 5.11 Å². The van der Waals surface area contributed by atoms with E-state index in [-0.39, 0.29) is 0 Å². The van der Waals surface area contributed by atoms with Crippen molar-refractivity contribution in [3.63, 3.8) is 0 Å². The predicted molar refractivity (Wildman–Crippen MR) is 69.2 cm³/mol. The molecule has 0 aromatic rings. The molecule has 0 amide bonds. The van der Waals surface area contributed by atoms with E-state index >= 15 is 0 Å². The molecule has 0 fully saturated rings. The van der Waals surface area contributed by atoms with Gasteiger partial charge in [-0.3, -0.25) is 0 Å². The van der Waals surface area contributed by atoms with Crippen molar-refractivity contribution in [2.75, 3.05) is 26.3 Å². The van der Waals surface area contributed by atoms with Crippen LogP contribution in [0.3, 0.4) is 0 Å². The Balaban J connectivity index is 3.06. The highest BCUT2D eigenvalue weighted by atomic mass is 32.1. The number of rotatable bonds is 9. The Labute approximate surface area is 99.0 Å². The minimum absolute atomic E-state index is 0.755. The summed E-state index contributed by atoms with van der Waals surface area (Å²) < 4.78 is 5.43. The van der Waals surface area contributed by atoms with Crippen molar-refractivity contribution in [3.05, 3.63) is 0 Å². The van der Waals surface area contributed by atoms with Gasteiger partial charge in [0.1, 0.15) is 0 Å². The average molecular weight is 232 g/mol. The Morgan fingerprint density at radius 3 is 2.33 bits per heavy atom. The van der Waals surface area contributed by atoms with E-state index in [0.717, 1.165) is 50.7 Å². The van der Waals surface area contributed by atoms with Gasteiger partial charge in [0.25, 0.3) is 0 Å². The molecule has 0 heterocycles. The second-order valence-corrected chi connectivity index (χ2v) is 3.91. The Kier molecular flexibility index (Phi) is 11.4. The van der Waals surface area contributed by atoms with Gasteiger partial charge in [-0.15, -0.1) is 0 Å². The molecule has 0 bridgehead atoms. The van der Waals surface area contributed by atoms with Crippen molar-refractivity contribution < 1.29 is 4.74 Å². The Bertz CT molecular complexity index is 154. The molecule has 0 radical (unpaired) electrons. The van der Waals surface area contributed by atoms with Crippen molar-refractivity contribution in [2.45, 2.75) is 39.5 Å². The largest absolute Gasteiger partial charge is 0.381 e. The van der Waals surface area contributed by atoms with Gasteiger partial charge in [-0.05, 0) is 31.5 Å². The van der Waals surface area contributed by atoms with Crippen molar-refractivity contribution >= 4 is 17.3 Å². The molecule has 4 heteroatoms. The fourth-order valence-electron chi connectivity index (χ4n) is 1.03. The lowest BCUT2D eigenvalue weighted by molar-refractivity contribution is 0.129. The van der Waals surface area contributed by atoms with Gasteiger partial charge >= 0.3 is 0 Å². The smallest absolute Gasteiger partial charge is 0.166 e. The van der Waals surface area contributed by atoms with Gasteiger partial charge in [-0.1, -0.05) is 20.3 Å². The Morgan fingerprint density at radius 1 is 1.00 bits per heavy atom. The van der Waals surface area contributed by atoms with Crippen LogP contribution in [0.2, 0.25) is 0 Å². The highest BCUT2D eigenvalue weighted by Crippen LogP contribution is 1.88. The van der Waals surface area contributed by atoms with Crippen LogP contribution in [-0.4, -0.2) is 31.4 Å². The van der Waals surface area contributed by atoms with E-state index in [2.05, 4.69) is 24.5 Å². The third-order valence-corrected chi connectivity index (χ3v) is 2.22. The monoisotopic (exact) mass is 232 g/mol. The number of ether oxygens (including phenoxy) is 1. The second kappa shape index (κ2) is 11.7. The van der Waals surface area contributed by atoms with Crippen LogP contribution in [0.25, 0.3) is 0 Å². The molecule has 0 aliphatic rings. The molecule has 0 aliphatic carbocycles. The number of thiocarbonyl (C=S) groups is 1. The van der Waals surface area contributed by atoms with Crippen LogP contribution in [0, 0.1) is 0 Å². The lowest BCUT2D eigenvalue weighted by Gasteiger charge is -2.09. The van der Waals surface area contributed by atoms with E-state index in [0.29, 0.717) is 0 Å². The van der Waals surface area contributed by atoms with Gasteiger partial charge in [-0.25, -0.2) is 0 Å². The summed E-state index contributed by atoms with van der Waals surface area (Å²) >= 11 is 5.08. The van der Waals surface area contributed by atoms with Gasteiger partial charge in [0.05, 0.1) is 0 Å². The molecule has 0 spiro atoms. The van der Waals surface area contributed by atoms with E-state index in [1.807, 2.05) is 0 Å². The quantitative estimate of drug-likeness (QED) is 0.471. The average Bonchev–Trinajstić information content (AvgIpc) is 2.25. The lowest BCUT2D eigenvalue weighted by atomic mass is 10.4. The van der Waals surface area contributed by atoms with Gasteiger partial charge in [-0.2, -0.15) is 0 Å². The highest BCUT2D eigenvalue weighted by molar-refractivity contribution is 7.80. The van der Waals surface area contributed by atoms with Crippen molar-refractivity contribution in [1.29, 1.82) is 0 Å². The summed E-state index contributed by atoms with van der Waals surface area (Å²) in [6.45, 7) is 7.83. The third kappa shape index (κ3) is 11.6. The summed E-state index contributed by atoms with van der Waals surface area (Å²) in [6, 6.07) is 0. The summed E-state index contributed by atoms with van der Waals surface area (Å²) in [6.07, 6.45) is 4.47. The minimum Gasteiger partial charge on any atom is -0.381 e. The van der Waals surface area contributed by atoms with E-state index in [9.17, 15) is 0 Å². The Hall–Kier alpha value is -0.350. The maximum Gasteiger partial charge on any atom is 0.166 e. The molecular weight excluding hydrogens is 208 g/mol. The van der Waals surface area contributed by atoms with E-state index in [1.165, 1.54) is 6.42 Å². The van der Waals surface area contributed by atoms with E-state index in [4.69, 9.17) is 17.0 Å². The van der Waals surface area contributed by atoms with Crippen molar-refractivity contribution in [2.24, 2.45) is 0 Å². The first-order valence-corrected chi connectivity index (χ1v) is 6.31. The fourth-order valence-corrected chi connectivity index (χ4v) is 1.23. The molecule has 0 aliphatic heterocycles. The Morgan fingerprint density at radius 2 is 1.67 bits per heavy atom. The fraction of sp³-hybridized carbons (Fsp3) is 0.909. The molecule has 0 atom stereocenters. The van der Waals surface area contributed by atoms with Crippen LogP contribution in [0.15, 0.2) is 0 Å². The zero-order valence-electron chi connectivity index (χ0n) is 9.97. The van der Waals surface area contributed by atoms with Gasteiger partial charge < -0.3 is 15.4 Å². The van der Waals surface area contributed by atoms with Crippen LogP contribution in [0.1, 0.15) is 39.5 Å². The zero-order chi connectivity index (χ0) is 11.4. The van der Waals surface area contributed by atoms with Crippen LogP contribution in [0.5, 0.6) is 0 Å². The van der Waals surface area contributed by atoms with Gasteiger partial charge in [0, 0.05) is 26.3 Å². The van der Waals surface area contributed by atoms with Crippen LogP contribution >= 0.6 is 12.2 Å². The van der Waals surface area contributed by atoms with Gasteiger partial charge in [0.2, 0.25) is 0 Å². The zero-order valence-corrected chi connectivity index (χ0v) is 10.8. The number of nitrogens with one attached hydrogen (secondary N) is 2. The molecule has 0 saturated carbocycles. The number of hydrogen-bond donors (Lipinski definition) is 2. The summed E-state index contributed by atoms with van der Waals surface area (Å²) in [4.78, 5) is 0. The van der Waals surface area contributed by atoms with Crippen LogP contribution < -0.4 is 10.6 Å². The van der Waals surface area contributed by atoms with Crippen molar-refractivity contribution in [1.82, 2.24) is 10.6 Å². The highest BCUT2D eigenvalue weighted by Gasteiger charge is 1.93. The van der Waals surface area contributed by atoms with E-state index in [1.54, 1.807) is 0 Å². The molecule has 0 unspecified atom stereocenters. The third-order valence-electron chi connectivity index (χ3n) is 1.93. The summed E-state index contributed by atoms with van der Waals surface area (Å²) in [5, 5.41) is 7.03. The first-order valence-electron chi connectivity index (χ1n) is 5.90. The number of hydrogen-bond acceptors (Lipinski definition) is 2. The molecule has 0 aromatic heterocycles. The maximum absolute atomic E-state index is 5.43. The SMILES string of the molecule is CCCCOCCCNC(=S)NCCC. The first kappa shape index (κ1) is 14.6. The van der Waals surface area contributed by atoms with Crippen LogP contribution in [0.4, 0.5) is 0 Å². The lowest BCUT2D eigenvalue weighted by Crippen LogP contribution is -2.36. The molecule has 2 N–H and O–H groups in total. The molecule has 15 heavy (non-hydrogen) atoms. The normalized spacial score (nSPS) is 10.0. The topological polar surface area (TPSA) is 33.3 Å². The summed E-state index contributed by atoms with van der Waals surface area (Å²) in [7, 11) is 0. The molecule has 0 aromatic carbocycles. The molecule has 0 saturated heterocycles. The van der Waals surface area contributed by atoms with Crippen LogP contribution in [-0.2, 0) is 4.74 Å². The molecular formula is C11H24N2OS.